The van der Waals surface area contributed by atoms with Crippen LogP contribution in [-0.4, -0.2) is 11.1 Å². The second kappa shape index (κ2) is 6.53. The second-order valence-electron chi connectivity index (χ2n) is 4.86. The van der Waals surface area contributed by atoms with Gasteiger partial charge in [-0.2, -0.15) is 0 Å². The van der Waals surface area contributed by atoms with E-state index in [2.05, 4.69) is 42.1 Å². The molecule has 19 heavy (non-hydrogen) atoms. The van der Waals surface area contributed by atoms with Crippen LogP contribution in [0.1, 0.15) is 37.6 Å². The predicted molar refractivity (Wildman–Crippen MR) is 76.6 cm³/mol. The van der Waals surface area contributed by atoms with E-state index in [-0.39, 0.29) is 5.82 Å². The fourth-order valence-electron chi connectivity index (χ4n) is 2.22. The molecule has 0 fully saturated rings. The number of aromatic nitrogens is 1. The molecule has 1 aromatic carbocycles. The standard InChI is InChI=1S/C16H21FN2/c1-3-10-18-13(2)16-5-4-11-19(16)12-14-6-8-15(17)9-7-14/h4-9,11,13,18H,3,10,12H2,1-2H3. The lowest BCUT2D eigenvalue weighted by molar-refractivity contribution is 0.534. The first-order valence-electron chi connectivity index (χ1n) is 6.83. The van der Waals surface area contributed by atoms with Crippen molar-refractivity contribution in [2.45, 2.75) is 32.9 Å². The SMILES string of the molecule is CCCNC(C)c1cccn1Cc1ccc(F)cc1. The van der Waals surface area contributed by atoms with Gasteiger partial charge in [0.1, 0.15) is 5.82 Å². The topological polar surface area (TPSA) is 17.0 Å². The number of benzene rings is 1. The van der Waals surface area contributed by atoms with Crippen LogP contribution in [0.4, 0.5) is 4.39 Å². The van der Waals surface area contributed by atoms with Crippen LogP contribution in [0.5, 0.6) is 0 Å². The first kappa shape index (κ1) is 13.8. The first-order valence-corrected chi connectivity index (χ1v) is 6.83. The van der Waals surface area contributed by atoms with Crippen LogP contribution in [0.15, 0.2) is 42.6 Å². The first-order chi connectivity index (χ1) is 9.20. The highest BCUT2D eigenvalue weighted by atomic mass is 19.1. The summed E-state index contributed by atoms with van der Waals surface area (Å²) in [5.74, 6) is -0.186. The average molecular weight is 260 g/mol. The third-order valence-electron chi connectivity index (χ3n) is 3.27. The van der Waals surface area contributed by atoms with Crippen LogP contribution in [0, 0.1) is 5.82 Å². The van der Waals surface area contributed by atoms with E-state index < -0.39 is 0 Å². The summed E-state index contributed by atoms with van der Waals surface area (Å²) < 4.78 is 15.1. The van der Waals surface area contributed by atoms with Crippen molar-refractivity contribution in [1.29, 1.82) is 0 Å². The molecule has 2 nitrogen and oxygen atoms in total. The molecule has 0 aliphatic heterocycles. The van der Waals surface area contributed by atoms with E-state index in [1.807, 2.05) is 12.1 Å². The minimum Gasteiger partial charge on any atom is -0.346 e. The number of halogens is 1. The van der Waals surface area contributed by atoms with Gasteiger partial charge in [0.15, 0.2) is 0 Å². The summed E-state index contributed by atoms with van der Waals surface area (Å²) in [4.78, 5) is 0. The number of nitrogens with one attached hydrogen (secondary N) is 1. The highest BCUT2D eigenvalue weighted by molar-refractivity contribution is 5.19. The van der Waals surface area contributed by atoms with E-state index in [0.717, 1.165) is 25.1 Å². The summed E-state index contributed by atoms with van der Waals surface area (Å²) in [6, 6.07) is 11.2. The third kappa shape index (κ3) is 3.67. The zero-order chi connectivity index (χ0) is 13.7. The van der Waals surface area contributed by atoms with Crippen LogP contribution in [0.3, 0.4) is 0 Å². The third-order valence-corrected chi connectivity index (χ3v) is 3.27. The van der Waals surface area contributed by atoms with Gasteiger partial charge in [0, 0.05) is 24.5 Å². The average Bonchev–Trinajstić information content (AvgIpc) is 2.87. The molecular weight excluding hydrogens is 239 g/mol. The van der Waals surface area contributed by atoms with Crippen molar-refractivity contribution < 1.29 is 4.39 Å². The molecule has 0 radical (unpaired) electrons. The Labute approximate surface area is 114 Å². The predicted octanol–water partition coefficient (Wildman–Crippen LogP) is 3.74. The largest absolute Gasteiger partial charge is 0.346 e. The quantitative estimate of drug-likeness (QED) is 0.837. The van der Waals surface area contributed by atoms with Crippen LogP contribution >= 0.6 is 0 Å². The summed E-state index contributed by atoms with van der Waals surface area (Å²) in [7, 11) is 0. The van der Waals surface area contributed by atoms with Crippen molar-refractivity contribution in [2.75, 3.05) is 6.54 Å². The molecule has 102 valence electrons. The van der Waals surface area contributed by atoms with Crippen LogP contribution in [0.25, 0.3) is 0 Å². The van der Waals surface area contributed by atoms with Gasteiger partial charge in [0.05, 0.1) is 0 Å². The smallest absolute Gasteiger partial charge is 0.123 e. The van der Waals surface area contributed by atoms with Crippen molar-refractivity contribution in [3.05, 3.63) is 59.7 Å². The van der Waals surface area contributed by atoms with E-state index in [9.17, 15) is 4.39 Å². The number of hydrogen-bond donors (Lipinski definition) is 1. The Bertz CT molecular complexity index is 502. The van der Waals surface area contributed by atoms with Gasteiger partial charge in [-0.1, -0.05) is 19.1 Å². The minimum atomic E-state index is -0.186. The molecule has 0 saturated heterocycles. The van der Waals surface area contributed by atoms with E-state index in [1.54, 1.807) is 0 Å². The molecule has 2 rings (SSSR count). The zero-order valence-electron chi connectivity index (χ0n) is 11.6. The van der Waals surface area contributed by atoms with Gasteiger partial charge in [-0.3, -0.25) is 0 Å². The zero-order valence-corrected chi connectivity index (χ0v) is 11.6. The van der Waals surface area contributed by atoms with Crippen molar-refractivity contribution in [3.63, 3.8) is 0 Å². The molecule has 0 aliphatic carbocycles. The molecule has 2 aromatic rings. The highest BCUT2D eigenvalue weighted by Crippen LogP contribution is 2.15. The lowest BCUT2D eigenvalue weighted by Crippen LogP contribution is -2.22. The summed E-state index contributed by atoms with van der Waals surface area (Å²) in [5.41, 5.74) is 2.37. The molecule has 1 unspecified atom stereocenters. The Balaban J connectivity index is 2.08. The van der Waals surface area contributed by atoms with E-state index in [4.69, 9.17) is 0 Å². The highest BCUT2D eigenvalue weighted by Gasteiger charge is 2.09. The van der Waals surface area contributed by atoms with Crippen molar-refractivity contribution in [1.82, 2.24) is 9.88 Å². The summed E-state index contributed by atoms with van der Waals surface area (Å²) in [6.45, 7) is 6.13. The van der Waals surface area contributed by atoms with Gasteiger partial charge in [-0.15, -0.1) is 0 Å². The number of hydrogen-bond acceptors (Lipinski definition) is 1. The van der Waals surface area contributed by atoms with Crippen molar-refractivity contribution >= 4 is 0 Å². The van der Waals surface area contributed by atoms with Crippen molar-refractivity contribution in [2.24, 2.45) is 0 Å². The van der Waals surface area contributed by atoms with E-state index in [1.165, 1.54) is 17.8 Å². The Hall–Kier alpha value is -1.61. The summed E-state index contributed by atoms with van der Waals surface area (Å²) >= 11 is 0. The molecule has 0 bridgehead atoms. The molecular formula is C16H21FN2. The molecule has 0 aliphatic rings. The molecule has 1 N–H and O–H groups in total. The fourth-order valence-corrected chi connectivity index (χ4v) is 2.22. The lowest BCUT2D eigenvalue weighted by Gasteiger charge is -2.17. The maximum Gasteiger partial charge on any atom is 0.123 e. The van der Waals surface area contributed by atoms with Gasteiger partial charge in [0.2, 0.25) is 0 Å². The van der Waals surface area contributed by atoms with Gasteiger partial charge in [0.25, 0.3) is 0 Å². The molecule has 1 atom stereocenters. The summed E-state index contributed by atoms with van der Waals surface area (Å²) in [5, 5.41) is 3.49. The van der Waals surface area contributed by atoms with Crippen LogP contribution < -0.4 is 5.32 Å². The van der Waals surface area contributed by atoms with Gasteiger partial charge >= 0.3 is 0 Å². The Morgan fingerprint density at radius 3 is 2.63 bits per heavy atom. The summed E-state index contributed by atoms with van der Waals surface area (Å²) in [6.07, 6.45) is 3.20. The van der Waals surface area contributed by atoms with E-state index >= 15 is 0 Å². The number of nitrogens with zero attached hydrogens (tertiary/aromatic N) is 1. The molecule has 0 spiro atoms. The maximum absolute atomic E-state index is 12.9. The minimum absolute atomic E-state index is 0.186. The second-order valence-corrected chi connectivity index (χ2v) is 4.86. The normalized spacial score (nSPS) is 12.6. The van der Waals surface area contributed by atoms with Gasteiger partial charge in [-0.25, -0.2) is 4.39 Å². The lowest BCUT2D eigenvalue weighted by atomic mass is 10.2. The molecule has 1 heterocycles. The fraction of sp³-hybridized carbons (Fsp3) is 0.375. The van der Waals surface area contributed by atoms with E-state index in [0.29, 0.717) is 6.04 Å². The molecule has 0 saturated carbocycles. The van der Waals surface area contributed by atoms with Crippen molar-refractivity contribution in [3.8, 4) is 0 Å². The maximum atomic E-state index is 12.9. The monoisotopic (exact) mass is 260 g/mol. The Morgan fingerprint density at radius 2 is 1.95 bits per heavy atom. The van der Waals surface area contributed by atoms with Crippen LogP contribution in [0.2, 0.25) is 0 Å². The molecule has 0 amide bonds. The van der Waals surface area contributed by atoms with Gasteiger partial charge < -0.3 is 9.88 Å². The van der Waals surface area contributed by atoms with Crippen LogP contribution in [-0.2, 0) is 6.54 Å². The molecule has 1 aromatic heterocycles. The Kier molecular flexibility index (Phi) is 4.74. The number of rotatable bonds is 6. The molecule has 3 heteroatoms. The Morgan fingerprint density at radius 1 is 1.21 bits per heavy atom. The van der Waals surface area contributed by atoms with Gasteiger partial charge in [-0.05, 0) is 49.7 Å².